The molecule has 2 nitrogen and oxygen atoms in total. The van der Waals surface area contributed by atoms with Crippen LogP contribution in [0, 0.1) is 20.8 Å². The number of thiazole rings is 1. The molecule has 0 spiro atoms. The van der Waals surface area contributed by atoms with Gasteiger partial charge in [0, 0.05) is 10.4 Å². The summed E-state index contributed by atoms with van der Waals surface area (Å²) < 4.78 is 0. The molecule has 1 aromatic heterocycles. The second kappa shape index (κ2) is 4.98. The molecule has 0 bridgehead atoms. The fourth-order valence-electron chi connectivity index (χ4n) is 2.06. The summed E-state index contributed by atoms with van der Waals surface area (Å²) >= 11 is 1.76. The van der Waals surface area contributed by atoms with Crippen molar-refractivity contribution in [2.45, 2.75) is 27.2 Å². The number of nitrogens with two attached hydrogens (primary N) is 1. The normalized spacial score (nSPS) is 10.8. The number of aromatic nitrogens is 1. The summed E-state index contributed by atoms with van der Waals surface area (Å²) in [5.74, 6) is 0. The fourth-order valence-corrected chi connectivity index (χ4v) is 3.03. The minimum atomic E-state index is 0.680. The molecule has 2 N–H and O–H groups in total. The van der Waals surface area contributed by atoms with Crippen LogP contribution in [0.4, 0.5) is 0 Å². The van der Waals surface area contributed by atoms with Crippen LogP contribution in [0.25, 0.3) is 11.3 Å². The average molecular weight is 246 g/mol. The lowest BCUT2D eigenvalue weighted by Crippen LogP contribution is -2.02. The van der Waals surface area contributed by atoms with Crippen molar-refractivity contribution in [3.63, 3.8) is 0 Å². The predicted octanol–water partition coefficient (Wildman–Crippen LogP) is 3.24. The van der Waals surface area contributed by atoms with Crippen LogP contribution in [-0.4, -0.2) is 11.5 Å². The molecule has 0 aliphatic heterocycles. The molecule has 0 atom stereocenters. The summed E-state index contributed by atoms with van der Waals surface area (Å²) in [6.07, 6.45) is 0.911. The van der Waals surface area contributed by atoms with Gasteiger partial charge in [0.15, 0.2) is 0 Å². The Morgan fingerprint density at radius 3 is 2.65 bits per heavy atom. The van der Waals surface area contributed by atoms with E-state index in [-0.39, 0.29) is 0 Å². The van der Waals surface area contributed by atoms with Crippen molar-refractivity contribution in [2.75, 3.05) is 6.54 Å². The summed E-state index contributed by atoms with van der Waals surface area (Å²) in [6, 6.07) is 6.51. The van der Waals surface area contributed by atoms with E-state index in [9.17, 15) is 0 Å². The second-order valence-corrected chi connectivity index (χ2v) is 5.65. The van der Waals surface area contributed by atoms with Gasteiger partial charge < -0.3 is 5.73 Å². The van der Waals surface area contributed by atoms with Gasteiger partial charge in [-0.1, -0.05) is 23.8 Å². The van der Waals surface area contributed by atoms with Gasteiger partial charge in [-0.05, 0) is 39.3 Å². The molecular weight excluding hydrogens is 228 g/mol. The highest BCUT2D eigenvalue weighted by Gasteiger charge is 2.12. The number of hydrogen-bond acceptors (Lipinski definition) is 3. The van der Waals surface area contributed by atoms with Crippen LogP contribution in [-0.2, 0) is 6.42 Å². The Bertz CT molecular complexity index is 529. The molecule has 0 amide bonds. The summed E-state index contributed by atoms with van der Waals surface area (Å²) in [5, 5.41) is 1.11. The standard InChI is InChI=1S/C14H18N2S/c1-9-4-5-12(10(2)8-9)14-13(6-7-15)17-11(3)16-14/h4-5,8H,6-7,15H2,1-3H3. The van der Waals surface area contributed by atoms with Crippen molar-refractivity contribution >= 4 is 11.3 Å². The van der Waals surface area contributed by atoms with Crippen LogP contribution < -0.4 is 5.73 Å². The van der Waals surface area contributed by atoms with E-state index < -0.39 is 0 Å². The van der Waals surface area contributed by atoms with Gasteiger partial charge in [-0.15, -0.1) is 11.3 Å². The molecule has 0 unspecified atom stereocenters. The molecule has 0 fully saturated rings. The Balaban J connectivity index is 2.51. The summed E-state index contributed by atoms with van der Waals surface area (Å²) in [5.41, 5.74) is 10.6. The molecule has 17 heavy (non-hydrogen) atoms. The molecule has 2 rings (SSSR count). The number of aryl methyl sites for hydroxylation is 3. The van der Waals surface area contributed by atoms with Gasteiger partial charge in [0.05, 0.1) is 10.7 Å². The van der Waals surface area contributed by atoms with E-state index >= 15 is 0 Å². The topological polar surface area (TPSA) is 38.9 Å². The van der Waals surface area contributed by atoms with E-state index in [4.69, 9.17) is 5.73 Å². The monoisotopic (exact) mass is 246 g/mol. The third kappa shape index (κ3) is 2.56. The molecule has 3 heteroatoms. The lowest BCUT2D eigenvalue weighted by molar-refractivity contribution is 0.985. The number of nitrogens with zero attached hydrogens (tertiary/aromatic N) is 1. The quantitative estimate of drug-likeness (QED) is 0.903. The summed E-state index contributed by atoms with van der Waals surface area (Å²) in [6.45, 7) is 6.99. The van der Waals surface area contributed by atoms with Gasteiger partial charge in [0.2, 0.25) is 0 Å². The van der Waals surface area contributed by atoms with Gasteiger partial charge in [-0.3, -0.25) is 0 Å². The van der Waals surface area contributed by atoms with Crippen LogP contribution in [0.3, 0.4) is 0 Å². The minimum absolute atomic E-state index is 0.680. The Kier molecular flexibility index (Phi) is 3.60. The SMILES string of the molecule is Cc1ccc(-c2nc(C)sc2CCN)c(C)c1. The van der Waals surface area contributed by atoms with Gasteiger partial charge in [-0.2, -0.15) is 0 Å². The van der Waals surface area contributed by atoms with E-state index in [0.717, 1.165) is 17.1 Å². The highest BCUT2D eigenvalue weighted by molar-refractivity contribution is 7.12. The first-order valence-corrected chi connectivity index (χ1v) is 6.67. The zero-order valence-electron chi connectivity index (χ0n) is 10.6. The molecule has 1 aromatic carbocycles. The first-order chi connectivity index (χ1) is 8.11. The van der Waals surface area contributed by atoms with E-state index in [1.54, 1.807) is 11.3 Å². The zero-order chi connectivity index (χ0) is 12.4. The summed E-state index contributed by atoms with van der Waals surface area (Å²) in [7, 11) is 0. The molecule has 0 saturated carbocycles. The zero-order valence-corrected chi connectivity index (χ0v) is 11.4. The fraction of sp³-hybridized carbons (Fsp3) is 0.357. The van der Waals surface area contributed by atoms with Crippen molar-refractivity contribution in [3.05, 3.63) is 39.2 Å². The highest BCUT2D eigenvalue weighted by Crippen LogP contribution is 2.30. The number of rotatable bonds is 3. The van der Waals surface area contributed by atoms with E-state index in [1.165, 1.54) is 21.6 Å². The van der Waals surface area contributed by atoms with Gasteiger partial charge in [0.1, 0.15) is 0 Å². The molecule has 90 valence electrons. The Hall–Kier alpha value is -1.19. The van der Waals surface area contributed by atoms with Crippen LogP contribution in [0.2, 0.25) is 0 Å². The van der Waals surface area contributed by atoms with E-state index in [2.05, 4.69) is 44.0 Å². The maximum absolute atomic E-state index is 5.66. The number of benzene rings is 1. The van der Waals surface area contributed by atoms with Gasteiger partial charge in [0.25, 0.3) is 0 Å². The Morgan fingerprint density at radius 1 is 1.24 bits per heavy atom. The van der Waals surface area contributed by atoms with Crippen LogP contribution >= 0.6 is 11.3 Å². The maximum Gasteiger partial charge on any atom is 0.0904 e. The van der Waals surface area contributed by atoms with Crippen molar-refractivity contribution in [2.24, 2.45) is 5.73 Å². The first-order valence-electron chi connectivity index (χ1n) is 5.86. The second-order valence-electron chi connectivity index (χ2n) is 4.36. The summed E-state index contributed by atoms with van der Waals surface area (Å²) in [4.78, 5) is 5.96. The molecular formula is C14H18N2S. The molecule has 0 radical (unpaired) electrons. The molecule has 0 aliphatic rings. The third-order valence-electron chi connectivity index (χ3n) is 2.81. The van der Waals surface area contributed by atoms with Gasteiger partial charge in [-0.25, -0.2) is 4.98 Å². The Labute approximate surface area is 107 Å². The number of hydrogen-bond donors (Lipinski definition) is 1. The van der Waals surface area contributed by atoms with Crippen LogP contribution in [0.5, 0.6) is 0 Å². The van der Waals surface area contributed by atoms with Crippen molar-refractivity contribution in [1.82, 2.24) is 4.98 Å². The van der Waals surface area contributed by atoms with Crippen LogP contribution in [0.15, 0.2) is 18.2 Å². The van der Waals surface area contributed by atoms with Crippen molar-refractivity contribution < 1.29 is 0 Å². The third-order valence-corrected chi connectivity index (χ3v) is 3.84. The smallest absolute Gasteiger partial charge is 0.0904 e. The lowest BCUT2D eigenvalue weighted by Gasteiger charge is -2.06. The maximum atomic E-state index is 5.66. The predicted molar refractivity (Wildman–Crippen MR) is 74.5 cm³/mol. The van der Waals surface area contributed by atoms with Crippen molar-refractivity contribution in [3.8, 4) is 11.3 Å². The lowest BCUT2D eigenvalue weighted by atomic mass is 10.0. The average Bonchev–Trinajstić information content (AvgIpc) is 2.60. The molecule has 1 heterocycles. The first kappa shape index (κ1) is 12.3. The molecule has 2 aromatic rings. The van der Waals surface area contributed by atoms with Crippen molar-refractivity contribution in [1.29, 1.82) is 0 Å². The largest absolute Gasteiger partial charge is 0.330 e. The molecule has 0 aliphatic carbocycles. The highest BCUT2D eigenvalue weighted by atomic mass is 32.1. The van der Waals surface area contributed by atoms with E-state index in [0.29, 0.717) is 6.54 Å². The molecule has 0 saturated heterocycles. The van der Waals surface area contributed by atoms with E-state index in [1.807, 2.05) is 0 Å². The Morgan fingerprint density at radius 2 is 2.00 bits per heavy atom. The minimum Gasteiger partial charge on any atom is -0.330 e. The van der Waals surface area contributed by atoms with Crippen LogP contribution in [0.1, 0.15) is 21.0 Å². The van der Waals surface area contributed by atoms with Gasteiger partial charge >= 0.3 is 0 Å².